The first-order valence-electron chi connectivity index (χ1n) is 7.26. The molecular weight excluding hydrogens is 373 g/mol. The van der Waals surface area contributed by atoms with Crippen molar-refractivity contribution in [3.8, 4) is 5.75 Å². The number of hydrogen-bond donors (Lipinski definition) is 1. The Morgan fingerprint density at radius 3 is 2.71 bits per heavy atom. The second-order valence-corrected chi connectivity index (χ2v) is 7.11. The summed E-state index contributed by atoms with van der Waals surface area (Å²) in [4.78, 5) is 4.37. The van der Waals surface area contributed by atoms with E-state index in [0.717, 1.165) is 18.4 Å². The highest BCUT2D eigenvalue weighted by Crippen LogP contribution is 2.32. The van der Waals surface area contributed by atoms with Gasteiger partial charge in [0.15, 0.2) is 0 Å². The summed E-state index contributed by atoms with van der Waals surface area (Å²) in [5.41, 5.74) is 0. The molecule has 0 unspecified atom stereocenters. The molecule has 2 aromatic rings. The first-order valence-corrected chi connectivity index (χ1v) is 8.70. The van der Waals surface area contributed by atoms with Gasteiger partial charge in [-0.2, -0.15) is 4.31 Å². The van der Waals surface area contributed by atoms with Gasteiger partial charge in [0.1, 0.15) is 5.75 Å². The minimum absolute atomic E-state index is 0. The molecule has 1 aromatic carbocycles. The van der Waals surface area contributed by atoms with Crippen LogP contribution >= 0.6 is 24.8 Å². The van der Waals surface area contributed by atoms with Crippen molar-refractivity contribution in [1.82, 2.24) is 14.6 Å². The van der Waals surface area contributed by atoms with Gasteiger partial charge in [-0.05, 0) is 19.0 Å². The molecular formula is C15H21Cl2N3O3S. The van der Waals surface area contributed by atoms with Crippen molar-refractivity contribution in [3.05, 3.63) is 30.6 Å². The molecule has 1 aliphatic heterocycles. The molecule has 1 fully saturated rings. The van der Waals surface area contributed by atoms with Gasteiger partial charge in [0.2, 0.25) is 10.0 Å². The number of sulfonamides is 1. The van der Waals surface area contributed by atoms with E-state index in [4.69, 9.17) is 4.74 Å². The fraction of sp³-hybridized carbons (Fsp3) is 0.400. The van der Waals surface area contributed by atoms with Gasteiger partial charge in [0, 0.05) is 36.6 Å². The Labute approximate surface area is 154 Å². The molecule has 6 nitrogen and oxygen atoms in total. The molecule has 0 bridgehead atoms. The van der Waals surface area contributed by atoms with Crippen LogP contribution < -0.4 is 10.1 Å². The van der Waals surface area contributed by atoms with Crippen LogP contribution in [0, 0.1) is 0 Å². The molecule has 24 heavy (non-hydrogen) atoms. The molecule has 3 rings (SSSR count). The van der Waals surface area contributed by atoms with Crippen LogP contribution in [-0.2, 0) is 10.0 Å². The highest BCUT2D eigenvalue weighted by molar-refractivity contribution is 7.89. The van der Waals surface area contributed by atoms with Crippen LogP contribution in [0.15, 0.2) is 35.5 Å². The molecule has 0 amide bonds. The Morgan fingerprint density at radius 2 is 1.96 bits per heavy atom. The van der Waals surface area contributed by atoms with Crippen molar-refractivity contribution in [2.75, 3.05) is 33.3 Å². The number of ether oxygens (including phenoxy) is 1. The molecule has 1 saturated heterocycles. The van der Waals surface area contributed by atoms with Crippen LogP contribution in [0.4, 0.5) is 0 Å². The second-order valence-electron chi connectivity index (χ2n) is 5.20. The van der Waals surface area contributed by atoms with Crippen molar-refractivity contribution >= 4 is 45.6 Å². The average molecular weight is 394 g/mol. The first-order chi connectivity index (χ1) is 10.6. The third kappa shape index (κ3) is 3.92. The average Bonchev–Trinajstić information content (AvgIpc) is 2.83. The van der Waals surface area contributed by atoms with Gasteiger partial charge in [-0.3, -0.25) is 4.98 Å². The SMILES string of the molecule is COc1cncc2cccc(S(=O)(=O)N3CCCNCC3)c12.Cl.Cl. The Balaban J connectivity index is 0.00000144. The van der Waals surface area contributed by atoms with Crippen LogP contribution in [0.2, 0.25) is 0 Å². The van der Waals surface area contributed by atoms with Gasteiger partial charge in [-0.25, -0.2) is 8.42 Å². The van der Waals surface area contributed by atoms with E-state index in [0.29, 0.717) is 30.8 Å². The fourth-order valence-corrected chi connectivity index (χ4v) is 4.45. The number of halogens is 2. The van der Waals surface area contributed by atoms with Crippen molar-refractivity contribution < 1.29 is 13.2 Å². The quantitative estimate of drug-likeness (QED) is 0.863. The van der Waals surface area contributed by atoms with Gasteiger partial charge in [-0.1, -0.05) is 12.1 Å². The summed E-state index contributed by atoms with van der Waals surface area (Å²) in [6.07, 6.45) is 4.01. The number of nitrogens with zero attached hydrogens (tertiary/aromatic N) is 2. The van der Waals surface area contributed by atoms with Crippen molar-refractivity contribution in [2.45, 2.75) is 11.3 Å². The van der Waals surface area contributed by atoms with Crippen LogP contribution in [0.5, 0.6) is 5.75 Å². The Hall–Kier alpha value is -1.12. The Kier molecular flexibility index (Phi) is 7.69. The van der Waals surface area contributed by atoms with E-state index in [9.17, 15) is 8.42 Å². The number of pyridine rings is 1. The number of aromatic nitrogens is 1. The summed E-state index contributed by atoms with van der Waals surface area (Å²) in [6, 6.07) is 5.22. The molecule has 134 valence electrons. The fourth-order valence-electron chi connectivity index (χ4n) is 2.74. The maximum absolute atomic E-state index is 13.0. The number of hydrogen-bond acceptors (Lipinski definition) is 5. The minimum Gasteiger partial charge on any atom is -0.494 e. The highest BCUT2D eigenvalue weighted by Gasteiger charge is 2.27. The van der Waals surface area contributed by atoms with Gasteiger partial charge in [0.05, 0.1) is 18.2 Å². The lowest BCUT2D eigenvalue weighted by molar-refractivity contribution is 0.416. The summed E-state index contributed by atoms with van der Waals surface area (Å²) in [6.45, 7) is 2.52. The van der Waals surface area contributed by atoms with Crippen molar-refractivity contribution in [2.24, 2.45) is 0 Å². The van der Waals surface area contributed by atoms with Gasteiger partial charge in [-0.15, -0.1) is 24.8 Å². The highest BCUT2D eigenvalue weighted by atomic mass is 35.5. The zero-order valence-corrected chi connectivity index (χ0v) is 15.7. The van der Waals surface area contributed by atoms with E-state index < -0.39 is 10.0 Å². The molecule has 1 aliphatic rings. The molecule has 0 saturated carbocycles. The van der Waals surface area contributed by atoms with E-state index in [1.807, 2.05) is 6.07 Å². The zero-order chi connectivity index (χ0) is 15.6. The normalized spacial score (nSPS) is 15.9. The molecule has 0 atom stereocenters. The van der Waals surface area contributed by atoms with Crippen LogP contribution in [0.25, 0.3) is 10.8 Å². The molecule has 1 aromatic heterocycles. The van der Waals surface area contributed by atoms with E-state index in [1.54, 1.807) is 28.8 Å². The molecule has 0 aliphatic carbocycles. The maximum Gasteiger partial charge on any atom is 0.243 e. The maximum atomic E-state index is 13.0. The van der Waals surface area contributed by atoms with Crippen molar-refractivity contribution in [3.63, 3.8) is 0 Å². The molecule has 9 heteroatoms. The predicted molar refractivity (Wildman–Crippen MR) is 99.0 cm³/mol. The molecule has 2 heterocycles. The summed E-state index contributed by atoms with van der Waals surface area (Å²) in [5, 5.41) is 4.57. The molecule has 1 N–H and O–H groups in total. The number of nitrogens with one attached hydrogen (secondary N) is 1. The largest absolute Gasteiger partial charge is 0.494 e. The molecule has 0 radical (unpaired) electrons. The lowest BCUT2D eigenvalue weighted by Crippen LogP contribution is -2.34. The molecule has 0 spiro atoms. The van der Waals surface area contributed by atoms with E-state index >= 15 is 0 Å². The number of fused-ring (bicyclic) bond motifs is 1. The summed E-state index contributed by atoms with van der Waals surface area (Å²) in [7, 11) is -2.04. The van der Waals surface area contributed by atoms with Crippen LogP contribution in [-0.4, -0.2) is 51.0 Å². The first kappa shape index (κ1) is 20.9. The zero-order valence-electron chi connectivity index (χ0n) is 13.3. The predicted octanol–water partition coefficient (Wildman–Crippen LogP) is 2.07. The lowest BCUT2D eigenvalue weighted by atomic mass is 10.2. The monoisotopic (exact) mass is 393 g/mol. The summed E-state index contributed by atoms with van der Waals surface area (Å²) < 4.78 is 32.9. The van der Waals surface area contributed by atoms with E-state index in [2.05, 4.69) is 10.3 Å². The third-order valence-corrected chi connectivity index (χ3v) is 5.79. The standard InChI is InChI=1S/C15H19N3O3S.2ClH/c1-21-13-11-17-10-12-4-2-5-14(15(12)13)22(19,20)18-8-3-6-16-7-9-18;;/h2,4-5,10-11,16H,3,6-9H2,1H3;2*1H. The number of methoxy groups -OCH3 is 1. The van der Waals surface area contributed by atoms with Crippen LogP contribution in [0.1, 0.15) is 6.42 Å². The lowest BCUT2D eigenvalue weighted by Gasteiger charge is -2.21. The van der Waals surface area contributed by atoms with E-state index in [1.165, 1.54) is 7.11 Å². The summed E-state index contributed by atoms with van der Waals surface area (Å²) >= 11 is 0. The number of rotatable bonds is 3. The van der Waals surface area contributed by atoms with Crippen LogP contribution in [0.3, 0.4) is 0 Å². The van der Waals surface area contributed by atoms with Gasteiger partial charge in [0.25, 0.3) is 0 Å². The van der Waals surface area contributed by atoms with Gasteiger partial charge >= 0.3 is 0 Å². The van der Waals surface area contributed by atoms with E-state index in [-0.39, 0.29) is 29.7 Å². The Bertz CT molecular complexity index is 773. The van der Waals surface area contributed by atoms with Crippen molar-refractivity contribution in [1.29, 1.82) is 0 Å². The topological polar surface area (TPSA) is 71.5 Å². The third-order valence-electron chi connectivity index (χ3n) is 3.85. The second kappa shape index (κ2) is 8.82. The smallest absolute Gasteiger partial charge is 0.243 e. The minimum atomic E-state index is -3.56. The number of benzene rings is 1. The summed E-state index contributed by atoms with van der Waals surface area (Å²) in [5.74, 6) is 0.477. The van der Waals surface area contributed by atoms with Gasteiger partial charge < -0.3 is 10.1 Å². The Morgan fingerprint density at radius 1 is 1.17 bits per heavy atom.